The van der Waals surface area contributed by atoms with Crippen LogP contribution in [0.3, 0.4) is 0 Å². The Hall–Kier alpha value is -1.68. The molecular weight excluding hydrogens is 204 g/mol. The number of carbonyl (C=O) groups is 2. The largest absolute Gasteiger partial charge is 0.368 e. The third-order valence-corrected chi connectivity index (χ3v) is 2.60. The number of amides is 1. The van der Waals surface area contributed by atoms with E-state index in [0.717, 1.165) is 11.1 Å². The van der Waals surface area contributed by atoms with Crippen LogP contribution in [0, 0.1) is 13.8 Å². The number of hydrogen-bond acceptors (Lipinski definition) is 3. The Labute approximate surface area is 94.6 Å². The predicted molar refractivity (Wildman–Crippen MR) is 62.0 cm³/mol. The van der Waals surface area contributed by atoms with Crippen molar-refractivity contribution >= 4 is 11.7 Å². The lowest BCUT2D eigenvalue weighted by Gasteiger charge is -2.07. The lowest BCUT2D eigenvalue weighted by Crippen LogP contribution is -2.38. The maximum Gasteiger partial charge on any atom is 0.234 e. The Morgan fingerprint density at radius 2 is 1.88 bits per heavy atom. The summed E-state index contributed by atoms with van der Waals surface area (Å²) >= 11 is 0. The third kappa shape index (κ3) is 2.90. The summed E-state index contributed by atoms with van der Waals surface area (Å²) in [5.74, 6) is -0.813. The highest BCUT2D eigenvalue weighted by atomic mass is 16.1. The highest BCUT2D eigenvalue weighted by Gasteiger charge is 2.16. The second-order valence-corrected chi connectivity index (χ2v) is 3.94. The lowest BCUT2D eigenvalue weighted by molar-refractivity contribution is -0.119. The van der Waals surface area contributed by atoms with Gasteiger partial charge in [-0.2, -0.15) is 0 Å². The van der Waals surface area contributed by atoms with Gasteiger partial charge >= 0.3 is 0 Å². The summed E-state index contributed by atoms with van der Waals surface area (Å²) in [7, 11) is 0. The van der Waals surface area contributed by atoms with Crippen molar-refractivity contribution in [3.8, 4) is 0 Å². The van der Waals surface area contributed by atoms with E-state index in [2.05, 4.69) is 0 Å². The van der Waals surface area contributed by atoms with Crippen LogP contribution in [0.25, 0.3) is 0 Å². The molecule has 1 rings (SSSR count). The Kier molecular flexibility index (Phi) is 3.79. The molecule has 4 nitrogen and oxygen atoms in total. The Morgan fingerprint density at radius 3 is 2.38 bits per heavy atom. The molecule has 0 spiro atoms. The first-order chi connectivity index (χ1) is 7.41. The molecule has 1 aromatic carbocycles. The topological polar surface area (TPSA) is 86.2 Å². The minimum absolute atomic E-state index is 0.0438. The fourth-order valence-electron chi connectivity index (χ4n) is 1.33. The van der Waals surface area contributed by atoms with E-state index in [0.29, 0.717) is 5.56 Å². The number of rotatable bonds is 4. The van der Waals surface area contributed by atoms with Crippen LogP contribution in [0.2, 0.25) is 0 Å². The van der Waals surface area contributed by atoms with Crippen LogP contribution >= 0.6 is 0 Å². The van der Waals surface area contributed by atoms with Crippen molar-refractivity contribution in [1.29, 1.82) is 0 Å². The molecule has 0 aliphatic heterocycles. The van der Waals surface area contributed by atoms with Crippen LogP contribution in [-0.4, -0.2) is 17.7 Å². The molecule has 0 aromatic heterocycles. The van der Waals surface area contributed by atoms with E-state index in [9.17, 15) is 9.59 Å². The van der Waals surface area contributed by atoms with Gasteiger partial charge in [-0.05, 0) is 31.0 Å². The van der Waals surface area contributed by atoms with Gasteiger partial charge in [0.25, 0.3) is 0 Å². The predicted octanol–water partition coefficient (Wildman–Crippen LogP) is 0.689. The molecule has 0 heterocycles. The van der Waals surface area contributed by atoms with Crippen molar-refractivity contribution in [3.05, 3.63) is 34.9 Å². The Morgan fingerprint density at radius 1 is 1.25 bits per heavy atom. The molecule has 0 aliphatic carbocycles. The highest BCUT2D eigenvalue weighted by Crippen LogP contribution is 2.12. The second kappa shape index (κ2) is 4.90. The average Bonchev–Trinajstić information content (AvgIpc) is 2.21. The van der Waals surface area contributed by atoms with Gasteiger partial charge in [0.05, 0.1) is 6.04 Å². The number of ketones is 1. The zero-order valence-corrected chi connectivity index (χ0v) is 9.49. The zero-order chi connectivity index (χ0) is 12.3. The molecule has 0 fully saturated rings. The summed E-state index contributed by atoms with van der Waals surface area (Å²) in [6, 6.07) is 4.50. The fraction of sp³-hybridized carbons (Fsp3) is 0.333. The molecule has 1 atom stereocenters. The summed E-state index contributed by atoms with van der Waals surface area (Å²) in [5.41, 5.74) is 13.2. The van der Waals surface area contributed by atoms with E-state index >= 15 is 0 Å². The van der Waals surface area contributed by atoms with Gasteiger partial charge in [0.15, 0.2) is 5.78 Å². The SMILES string of the molecule is Cc1ccc(C(=O)CC(N)C(N)=O)cc1C. The number of carbonyl (C=O) groups excluding carboxylic acids is 2. The van der Waals surface area contributed by atoms with E-state index in [-0.39, 0.29) is 12.2 Å². The first-order valence-corrected chi connectivity index (χ1v) is 5.07. The molecule has 4 heteroatoms. The molecule has 0 saturated carbocycles. The lowest BCUT2D eigenvalue weighted by atomic mass is 10.00. The van der Waals surface area contributed by atoms with E-state index < -0.39 is 11.9 Å². The first kappa shape index (κ1) is 12.4. The average molecular weight is 220 g/mol. The van der Waals surface area contributed by atoms with Crippen LogP contribution < -0.4 is 11.5 Å². The van der Waals surface area contributed by atoms with Crippen LogP contribution in [0.15, 0.2) is 18.2 Å². The number of aryl methyl sites for hydroxylation is 2. The Bertz CT molecular complexity index is 427. The number of primary amides is 1. The van der Waals surface area contributed by atoms with Gasteiger partial charge in [0.1, 0.15) is 0 Å². The molecule has 16 heavy (non-hydrogen) atoms. The van der Waals surface area contributed by atoms with Gasteiger partial charge in [0, 0.05) is 12.0 Å². The minimum atomic E-state index is -0.908. The summed E-state index contributed by atoms with van der Waals surface area (Å²) in [6.07, 6.45) is -0.0438. The number of Topliss-reactive ketones (excluding diaryl/α,β-unsaturated/α-hetero) is 1. The molecule has 1 unspecified atom stereocenters. The smallest absolute Gasteiger partial charge is 0.234 e. The standard InChI is InChI=1S/C12H16N2O2/c1-7-3-4-9(5-8(7)2)11(15)6-10(13)12(14)16/h3-5,10H,6,13H2,1-2H3,(H2,14,16). The van der Waals surface area contributed by atoms with Crippen LogP contribution in [0.5, 0.6) is 0 Å². The molecule has 0 bridgehead atoms. The summed E-state index contributed by atoms with van der Waals surface area (Å²) in [6.45, 7) is 3.90. The normalized spacial score (nSPS) is 12.2. The van der Waals surface area contributed by atoms with Gasteiger partial charge < -0.3 is 11.5 Å². The van der Waals surface area contributed by atoms with Crippen molar-refractivity contribution < 1.29 is 9.59 Å². The van der Waals surface area contributed by atoms with E-state index in [4.69, 9.17) is 11.5 Å². The highest BCUT2D eigenvalue weighted by molar-refractivity contribution is 5.99. The van der Waals surface area contributed by atoms with Gasteiger partial charge in [-0.15, -0.1) is 0 Å². The maximum absolute atomic E-state index is 11.7. The quantitative estimate of drug-likeness (QED) is 0.732. The van der Waals surface area contributed by atoms with E-state index in [1.807, 2.05) is 19.9 Å². The maximum atomic E-state index is 11.7. The first-order valence-electron chi connectivity index (χ1n) is 5.07. The number of benzene rings is 1. The van der Waals surface area contributed by atoms with Gasteiger partial charge in [-0.25, -0.2) is 0 Å². The Balaban J connectivity index is 2.81. The molecule has 1 amide bonds. The number of hydrogen-bond donors (Lipinski definition) is 2. The zero-order valence-electron chi connectivity index (χ0n) is 9.49. The summed E-state index contributed by atoms with van der Waals surface area (Å²) < 4.78 is 0. The monoisotopic (exact) mass is 220 g/mol. The van der Waals surface area contributed by atoms with Crippen molar-refractivity contribution in [2.75, 3.05) is 0 Å². The van der Waals surface area contributed by atoms with E-state index in [1.165, 1.54) is 0 Å². The molecule has 1 aromatic rings. The third-order valence-electron chi connectivity index (χ3n) is 2.60. The van der Waals surface area contributed by atoms with E-state index in [1.54, 1.807) is 12.1 Å². The molecule has 0 radical (unpaired) electrons. The summed E-state index contributed by atoms with van der Waals surface area (Å²) in [4.78, 5) is 22.5. The van der Waals surface area contributed by atoms with Crippen molar-refractivity contribution in [2.24, 2.45) is 11.5 Å². The minimum Gasteiger partial charge on any atom is -0.368 e. The van der Waals surface area contributed by atoms with Gasteiger partial charge in [0.2, 0.25) is 5.91 Å². The van der Waals surface area contributed by atoms with Crippen molar-refractivity contribution in [3.63, 3.8) is 0 Å². The molecule has 0 saturated heterocycles. The fourth-order valence-corrected chi connectivity index (χ4v) is 1.33. The number of nitrogens with two attached hydrogens (primary N) is 2. The molecule has 0 aliphatic rings. The van der Waals surface area contributed by atoms with Crippen LogP contribution in [0.4, 0.5) is 0 Å². The van der Waals surface area contributed by atoms with Crippen LogP contribution in [-0.2, 0) is 4.79 Å². The molecule has 86 valence electrons. The van der Waals surface area contributed by atoms with Gasteiger partial charge in [-0.1, -0.05) is 12.1 Å². The second-order valence-electron chi connectivity index (χ2n) is 3.94. The van der Waals surface area contributed by atoms with Crippen molar-refractivity contribution in [1.82, 2.24) is 0 Å². The summed E-state index contributed by atoms with van der Waals surface area (Å²) in [5, 5.41) is 0. The molecule has 4 N–H and O–H groups in total. The van der Waals surface area contributed by atoms with Crippen molar-refractivity contribution in [2.45, 2.75) is 26.3 Å². The van der Waals surface area contributed by atoms with Crippen LogP contribution in [0.1, 0.15) is 27.9 Å². The van der Waals surface area contributed by atoms with Gasteiger partial charge in [-0.3, -0.25) is 9.59 Å². The molecular formula is C12H16N2O2.